The van der Waals surface area contributed by atoms with Crippen LogP contribution in [-0.2, 0) is 15.4 Å². The Kier molecular flexibility index (Phi) is 2.44. The van der Waals surface area contributed by atoms with Gasteiger partial charge in [0.2, 0.25) is 0 Å². The van der Waals surface area contributed by atoms with Crippen molar-refractivity contribution in [2.75, 3.05) is 11.5 Å². The van der Waals surface area contributed by atoms with Crippen LogP contribution >= 0.6 is 12.2 Å². The number of nitrogens with one attached hydrogen (secondary N) is 1. The third kappa shape index (κ3) is 1.71. The first-order chi connectivity index (χ1) is 8.41. The number of hydrogen-bond acceptors (Lipinski definition) is 3. The number of sulfone groups is 1. The molecule has 1 aromatic heterocycles. The summed E-state index contributed by atoms with van der Waals surface area (Å²) in [5, 5.41) is 0. The van der Waals surface area contributed by atoms with E-state index < -0.39 is 15.4 Å². The van der Waals surface area contributed by atoms with E-state index in [1.807, 2.05) is 35.8 Å². The quantitative estimate of drug-likeness (QED) is 0.816. The average Bonchev–Trinajstić information content (AvgIpc) is 2.75. The summed E-state index contributed by atoms with van der Waals surface area (Å²) >= 11 is 5.35. The maximum atomic E-state index is 11.7. The van der Waals surface area contributed by atoms with Crippen LogP contribution in [0.5, 0.6) is 0 Å². The Morgan fingerprint density at radius 3 is 2.78 bits per heavy atom. The molecule has 0 amide bonds. The standard InChI is InChI=1S/C12H14N2O2S2/c1-12(6-7-18(15,16)8-12)14-10-5-3-2-4-9(10)13-11(14)17/h2-5H,6-8H2,1H3,(H,13,17). The zero-order valence-corrected chi connectivity index (χ0v) is 11.6. The van der Waals surface area contributed by atoms with E-state index in [0.717, 1.165) is 11.0 Å². The van der Waals surface area contributed by atoms with Gasteiger partial charge in [-0.15, -0.1) is 0 Å². The van der Waals surface area contributed by atoms with Crippen LogP contribution in [0.3, 0.4) is 0 Å². The summed E-state index contributed by atoms with van der Waals surface area (Å²) in [5.41, 5.74) is 1.49. The highest BCUT2D eigenvalue weighted by Gasteiger charge is 2.40. The molecule has 1 unspecified atom stereocenters. The van der Waals surface area contributed by atoms with Crippen molar-refractivity contribution < 1.29 is 8.42 Å². The lowest BCUT2D eigenvalue weighted by Gasteiger charge is -2.25. The van der Waals surface area contributed by atoms with Crippen LogP contribution in [0.4, 0.5) is 0 Å². The molecular formula is C12H14N2O2S2. The average molecular weight is 282 g/mol. The van der Waals surface area contributed by atoms with E-state index in [2.05, 4.69) is 4.98 Å². The molecule has 1 atom stereocenters. The minimum atomic E-state index is -2.95. The summed E-state index contributed by atoms with van der Waals surface area (Å²) in [4.78, 5) is 3.14. The molecule has 2 heterocycles. The molecule has 0 aliphatic carbocycles. The molecule has 0 bridgehead atoms. The van der Waals surface area contributed by atoms with Crippen LogP contribution in [0, 0.1) is 4.77 Å². The van der Waals surface area contributed by atoms with Gasteiger partial charge in [0.25, 0.3) is 0 Å². The largest absolute Gasteiger partial charge is 0.331 e. The molecule has 2 aromatic rings. The molecule has 1 aliphatic heterocycles. The predicted molar refractivity (Wildman–Crippen MR) is 74.0 cm³/mol. The van der Waals surface area contributed by atoms with Gasteiger partial charge in [0.15, 0.2) is 14.6 Å². The number of imidazole rings is 1. The molecule has 96 valence electrons. The van der Waals surface area contributed by atoms with Gasteiger partial charge >= 0.3 is 0 Å². The zero-order chi connectivity index (χ0) is 13.0. The molecule has 0 radical (unpaired) electrons. The minimum Gasteiger partial charge on any atom is -0.331 e. The van der Waals surface area contributed by atoms with Crippen molar-refractivity contribution in [1.29, 1.82) is 0 Å². The maximum Gasteiger partial charge on any atom is 0.178 e. The first kappa shape index (κ1) is 11.9. The Morgan fingerprint density at radius 1 is 1.39 bits per heavy atom. The molecule has 3 rings (SSSR count). The molecule has 0 spiro atoms. The molecule has 1 saturated heterocycles. The number of aromatic nitrogens is 2. The number of para-hydroxylation sites is 2. The van der Waals surface area contributed by atoms with Crippen LogP contribution < -0.4 is 0 Å². The predicted octanol–water partition coefficient (Wildman–Crippen LogP) is 2.23. The number of fused-ring (bicyclic) bond motifs is 1. The molecule has 0 saturated carbocycles. The molecular weight excluding hydrogens is 268 g/mol. The normalized spacial score (nSPS) is 26.7. The zero-order valence-electron chi connectivity index (χ0n) is 10.0. The van der Waals surface area contributed by atoms with Crippen molar-refractivity contribution in [3.63, 3.8) is 0 Å². The number of benzene rings is 1. The van der Waals surface area contributed by atoms with E-state index >= 15 is 0 Å². The minimum absolute atomic E-state index is 0.163. The van der Waals surface area contributed by atoms with Crippen molar-refractivity contribution in [2.45, 2.75) is 18.9 Å². The van der Waals surface area contributed by atoms with Gasteiger partial charge < -0.3 is 9.55 Å². The van der Waals surface area contributed by atoms with Gasteiger partial charge in [-0.1, -0.05) is 12.1 Å². The maximum absolute atomic E-state index is 11.7. The highest BCUT2D eigenvalue weighted by Crippen LogP contribution is 2.33. The lowest BCUT2D eigenvalue weighted by atomic mass is 10.0. The molecule has 4 nitrogen and oxygen atoms in total. The topological polar surface area (TPSA) is 54.9 Å². The van der Waals surface area contributed by atoms with E-state index in [9.17, 15) is 8.42 Å². The van der Waals surface area contributed by atoms with E-state index in [0.29, 0.717) is 11.2 Å². The highest BCUT2D eigenvalue weighted by atomic mass is 32.2. The van der Waals surface area contributed by atoms with Gasteiger partial charge in [0.05, 0.1) is 28.1 Å². The SMILES string of the molecule is CC1(n2c(=S)[nH]c3ccccc32)CCS(=O)(=O)C1. The molecule has 1 fully saturated rings. The summed E-state index contributed by atoms with van der Waals surface area (Å²) in [6.45, 7) is 1.97. The van der Waals surface area contributed by atoms with E-state index in [1.165, 1.54) is 0 Å². The first-order valence-electron chi connectivity index (χ1n) is 5.82. The van der Waals surface area contributed by atoms with E-state index in [1.54, 1.807) is 0 Å². The molecule has 18 heavy (non-hydrogen) atoms. The number of hydrogen-bond donors (Lipinski definition) is 1. The molecule has 1 aliphatic rings. The van der Waals surface area contributed by atoms with Crippen molar-refractivity contribution in [2.24, 2.45) is 0 Å². The second kappa shape index (κ2) is 3.68. The lowest BCUT2D eigenvalue weighted by molar-refractivity contribution is 0.372. The Labute approximate surface area is 111 Å². The molecule has 1 aromatic carbocycles. The molecule has 6 heteroatoms. The summed E-state index contributed by atoms with van der Waals surface area (Å²) in [7, 11) is -2.95. The van der Waals surface area contributed by atoms with Gasteiger partial charge in [-0.2, -0.15) is 0 Å². The number of aromatic amines is 1. The van der Waals surface area contributed by atoms with Crippen LogP contribution in [0.1, 0.15) is 13.3 Å². The van der Waals surface area contributed by atoms with Crippen molar-refractivity contribution >= 4 is 33.1 Å². The monoisotopic (exact) mass is 282 g/mol. The number of nitrogens with zero attached hydrogens (tertiary/aromatic N) is 1. The summed E-state index contributed by atoms with van der Waals surface area (Å²) in [5.74, 6) is 0.404. The Morgan fingerprint density at radius 2 is 2.11 bits per heavy atom. The number of H-pyrrole nitrogens is 1. The Bertz CT molecular complexity index is 773. The lowest BCUT2D eigenvalue weighted by Crippen LogP contribution is -2.31. The summed E-state index contributed by atoms with van der Waals surface area (Å²) in [6.07, 6.45) is 0.617. The fourth-order valence-corrected chi connectivity index (χ4v) is 5.31. The van der Waals surface area contributed by atoms with Gasteiger partial charge in [-0.3, -0.25) is 0 Å². The van der Waals surface area contributed by atoms with Crippen LogP contribution in [0.2, 0.25) is 0 Å². The smallest absolute Gasteiger partial charge is 0.178 e. The van der Waals surface area contributed by atoms with Gasteiger partial charge in [-0.05, 0) is 37.7 Å². The van der Waals surface area contributed by atoms with Gasteiger partial charge in [0.1, 0.15) is 0 Å². The van der Waals surface area contributed by atoms with E-state index in [-0.39, 0.29) is 11.5 Å². The molecule has 1 N–H and O–H groups in total. The van der Waals surface area contributed by atoms with Crippen LogP contribution in [0.15, 0.2) is 24.3 Å². The fourth-order valence-electron chi connectivity index (χ4n) is 2.76. The van der Waals surface area contributed by atoms with Crippen molar-refractivity contribution in [3.05, 3.63) is 29.0 Å². The van der Waals surface area contributed by atoms with Crippen molar-refractivity contribution in [1.82, 2.24) is 9.55 Å². The van der Waals surface area contributed by atoms with Gasteiger partial charge in [0, 0.05) is 0 Å². The van der Waals surface area contributed by atoms with Crippen LogP contribution in [0.25, 0.3) is 11.0 Å². The third-order valence-electron chi connectivity index (χ3n) is 3.61. The fraction of sp³-hybridized carbons (Fsp3) is 0.417. The second-order valence-corrected chi connectivity index (χ2v) is 7.69. The summed E-state index contributed by atoms with van der Waals surface area (Å²) < 4.78 is 26.0. The Balaban J connectivity index is 2.27. The third-order valence-corrected chi connectivity index (χ3v) is 5.78. The van der Waals surface area contributed by atoms with Gasteiger partial charge in [-0.25, -0.2) is 8.42 Å². The Hall–Kier alpha value is -1.14. The van der Waals surface area contributed by atoms with E-state index in [4.69, 9.17) is 12.2 Å². The number of rotatable bonds is 1. The highest BCUT2D eigenvalue weighted by molar-refractivity contribution is 7.91. The van der Waals surface area contributed by atoms with Crippen molar-refractivity contribution in [3.8, 4) is 0 Å². The second-order valence-electron chi connectivity index (χ2n) is 5.12. The summed E-state index contributed by atoms with van der Waals surface area (Å²) in [6, 6.07) is 7.80. The van der Waals surface area contributed by atoms with Crippen LogP contribution in [-0.4, -0.2) is 29.5 Å². The first-order valence-corrected chi connectivity index (χ1v) is 8.05.